The number of benzene rings is 1. The monoisotopic (exact) mass is 439 g/mol. The van der Waals surface area contributed by atoms with E-state index in [0.29, 0.717) is 20.8 Å². The first-order valence-corrected chi connectivity index (χ1v) is 9.29. The van der Waals surface area contributed by atoms with Gasteiger partial charge in [0.05, 0.1) is 20.7 Å². The molecule has 11 heteroatoms. The molecule has 8 nitrogen and oxygen atoms in total. The van der Waals surface area contributed by atoms with Crippen molar-refractivity contribution in [1.29, 1.82) is 0 Å². The molecule has 3 aromatic rings. The molecule has 0 aliphatic carbocycles. The van der Waals surface area contributed by atoms with Gasteiger partial charge in [-0.15, -0.1) is 11.3 Å². The summed E-state index contributed by atoms with van der Waals surface area (Å²) in [6.07, 6.45) is 0. The van der Waals surface area contributed by atoms with Gasteiger partial charge in [0.15, 0.2) is 12.4 Å². The number of halogens is 2. The zero-order valence-corrected chi connectivity index (χ0v) is 16.5. The Labute approximate surface area is 172 Å². The van der Waals surface area contributed by atoms with Crippen LogP contribution in [0.15, 0.2) is 30.3 Å². The standard InChI is InChI=1S/C17H11Cl2N3O5S/c1-8-11(18)6-12(19)16(20-8)21-15(23)7-27-17(24)14-5-9-4-10(22(25)26)2-3-13(9)28-14/h2-6H,7H2,1H3,(H,20,21,23). The van der Waals surface area contributed by atoms with Crippen LogP contribution >= 0.6 is 34.5 Å². The second-order valence-electron chi connectivity index (χ2n) is 5.60. The average molecular weight is 440 g/mol. The summed E-state index contributed by atoms with van der Waals surface area (Å²) in [7, 11) is 0. The Balaban J connectivity index is 1.65. The van der Waals surface area contributed by atoms with Crippen LogP contribution in [-0.2, 0) is 9.53 Å². The van der Waals surface area contributed by atoms with Crippen molar-refractivity contribution in [3.05, 3.63) is 61.1 Å². The lowest BCUT2D eigenvalue weighted by Gasteiger charge is -2.08. The number of nitrogens with one attached hydrogen (secondary N) is 1. The normalized spacial score (nSPS) is 10.7. The molecule has 1 N–H and O–H groups in total. The maximum atomic E-state index is 12.2. The van der Waals surface area contributed by atoms with Crippen molar-refractivity contribution in [2.24, 2.45) is 0 Å². The summed E-state index contributed by atoms with van der Waals surface area (Å²) < 4.78 is 5.68. The van der Waals surface area contributed by atoms with Crippen LogP contribution in [0.3, 0.4) is 0 Å². The topological polar surface area (TPSA) is 111 Å². The maximum Gasteiger partial charge on any atom is 0.348 e. The fourth-order valence-corrected chi connectivity index (χ4v) is 3.60. The third kappa shape index (κ3) is 4.38. The van der Waals surface area contributed by atoms with E-state index >= 15 is 0 Å². The lowest BCUT2D eigenvalue weighted by Crippen LogP contribution is -2.21. The van der Waals surface area contributed by atoms with Crippen LogP contribution in [0.1, 0.15) is 15.4 Å². The molecule has 0 fully saturated rings. The number of ether oxygens (including phenoxy) is 1. The van der Waals surface area contributed by atoms with E-state index in [0.717, 1.165) is 11.3 Å². The fourth-order valence-electron chi connectivity index (χ4n) is 2.26. The smallest absolute Gasteiger partial charge is 0.348 e. The molecule has 2 aromatic heterocycles. The number of thiophene rings is 1. The van der Waals surface area contributed by atoms with Crippen molar-refractivity contribution in [2.75, 3.05) is 11.9 Å². The number of aryl methyl sites for hydroxylation is 1. The van der Waals surface area contributed by atoms with E-state index in [1.807, 2.05) is 0 Å². The van der Waals surface area contributed by atoms with Crippen molar-refractivity contribution in [3.8, 4) is 0 Å². The van der Waals surface area contributed by atoms with E-state index in [2.05, 4.69) is 10.3 Å². The summed E-state index contributed by atoms with van der Waals surface area (Å²) >= 11 is 13.0. The number of amides is 1. The van der Waals surface area contributed by atoms with Gasteiger partial charge in [-0.25, -0.2) is 9.78 Å². The quantitative estimate of drug-likeness (QED) is 0.352. The van der Waals surface area contributed by atoms with Gasteiger partial charge in [0.25, 0.3) is 11.6 Å². The molecule has 0 saturated carbocycles. The van der Waals surface area contributed by atoms with Crippen molar-refractivity contribution in [3.63, 3.8) is 0 Å². The van der Waals surface area contributed by atoms with Gasteiger partial charge in [-0.1, -0.05) is 23.2 Å². The summed E-state index contributed by atoms with van der Waals surface area (Å²) in [6, 6.07) is 7.20. The second kappa shape index (κ2) is 8.09. The fraction of sp³-hybridized carbons (Fsp3) is 0.118. The Morgan fingerprint density at radius 2 is 2.00 bits per heavy atom. The van der Waals surface area contributed by atoms with Crippen LogP contribution < -0.4 is 5.32 Å². The maximum absolute atomic E-state index is 12.2. The molecule has 0 saturated heterocycles. The largest absolute Gasteiger partial charge is 0.451 e. The molecule has 0 spiro atoms. The molecular weight excluding hydrogens is 429 g/mol. The Kier molecular flexibility index (Phi) is 5.78. The molecule has 0 atom stereocenters. The van der Waals surface area contributed by atoms with Gasteiger partial charge < -0.3 is 10.1 Å². The van der Waals surface area contributed by atoms with Crippen LogP contribution in [0, 0.1) is 17.0 Å². The molecule has 0 aliphatic rings. The molecule has 1 aromatic carbocycles. The number of nitro benzene ring substituents is 1. The first-order chi connectivity index (χ1) is 13.2. The number of carbonyl (C=O) groups is 2. The van der Waals surface area contributed by atoms with Crippen LogP contribution in [0.2, 0.25) is 10.0 Å². The van der Waals surface area contributed by atoms with Crippen molar-refractivity contribution >= 4 is 68.0 Å². The minimum atomic E-state index is -0.717. The predicted molar refractivity (Wildman–Crippen MR) is 106 cm³/mol. The molecule has 28 heavy (non-hydrogen) atoms. The molecule has 3 rings (SSSR count). The third-order valence-corrected chi connectivity index (χ3v) is 5.38. The highest BCUT2D eigenvalue weighted by molar-refractivity contribution is 7.20. The van der Waals surface area contributed by atoms with Gasteiger partial charge in [-0.05, 0) is 25.1 Å². The molecule has 2 heterocycles. The number of nitrogens with zero attached hydrogens (tertiary/aromatic N) is 2. The van der Waals surface area contributed by atoms with E-state index in [1.54, 1.807) is 13.0 Å². The molecular formula is C17H11Cl2N3O5S. The van der Waals surface area contributed by atoms with E-state index in [9.17, 15) is 19.7 Å². The van der Waals surface area contributed by atoms with Gasteiger partial charge in [0.2, 0.25) is 0 Å². The van der Waals surface area contributed by atoms with Crippen LogP contribution in [-0.4, -0.2) is 28.4 Å². The van der Waals surface area contributed by atoms with Crippen LogP contribution in [0.4, 0.5) is 11.5 Å². The van der Waals surface area contributed by atoms with Crippen molar-refractivity contribution in [1.82, 2.24) is 4.98 Å². The number of anilines is 1. The Bertz CT molecular complexity index is 1120. The number of aromatic nitrogens is 1. The number of hydrogen-bond donors (Lipinski definition) is 1. The number of carbonyl (C=O) groups excluding carboxylic acids is 2. The number of fused-ring (bicyclic) bond motifs is 1. The number of esters is 1. The highest BCUT2D eigenvalue weighted by atomic mass is 35.5. The molecule has 0 unspecified atom stereocenters. The number of pyridine rings is 1. The van der Waals surface area contributed by atoms with Gasteiger partial charge in [0.1, 0.15) is 4.88 Å². The summed E-state index contributed by atoms with van der Waals surface area (Å²) in [5, 5.41) is 14.3. The lowest BCUT2D eigenvalue weighted by atomic mass is 10.2. The summed E-state index contributed by atoms with van der Waals surface area (Å²) in [4.78, 5) is 38.8. The first kappa shape index (κ1) is 20.0. The second-order valence-corrected chi connectivity index (χ2v) is 7.50. The Hall–Kier alpha value is -2.75. The van der Waals surface area contributed by atoms with Crippen LogP contribution in [0.25, 0.3) is 10.1 Å². The van der Waals surface area contributed by atoms with Crippen LogP contribution in [0.5, 0.6) is 0 Å². The zero-order chi connectivity index (χ0) is 20.4. The van der Waals surface area contributed by atoms with Crippen molar-refractivity contribution < 1.29 is 19.2 Å². The average Bonchev–Trinajstić information content (AvgIpc) is 3.07. The predicted octanol–water partition coefficient (Wildman–Crippen LogP) is 4.62. The number of hydrogen-bond acceptors (Lipinski definition) is 7. The number of nitro groups is 1. The molecule has 1 amide bonds. The SMILES string of the molecule is Cc1nc(NC(=O)COC(=O)c2cc3cc([N+](=O)[O-])ccc3s2)c(Cl)cc1Cl. The summed E-state index contributed by atoms with van der Waals surface area (Å²) in [5.41, 5.74) is 0.407. The van der Waals surface area contributed by atoms with Gasteiger partial charge >= 0.3 is 5.97 Å². The highest BCUT2D eigenvalue weighted by Gasteiger charge is 2.17. The molecule has 144 valence electrons. The number of non-ortho nitro benzene ring substituents is 1. The van der Waals surface area contributed by atoms with Gasteiger partial charge in [-0.2, -0.15) is 0 Å². The molecule has 0 bridgehead atoms. The van der Waals surface area contributed by atoms with E-state index in [-0.39, 0.29) is 21.4 Å². The first-order valence-electron chi connectivity index (χ1n) is 7.72. The zero-order valence-electron chi connectivity index (χ0n) is 14.2. The minimum Gasteiger partial charge on any atom is -0.451 e. The number of rotatable bonds is 5. The highest BCUT2D eigenvalue weighted by Crippen LogP contribution is 2.29. The van der Waals surface area contributed by atoms with Gasteiger partial charge in [-0.3, -0.25) is 14.9 Å². The molecule has 0 radical (unpaired) electrons. The Morgan fingerprint density at radius 1 is 1.25 bits per heavy atom. The van der Waals surface area contributed by atoms with Gasteiger partial charge in [0, 0.05) is 22.2 Å². The van der Waals surface area contributed by atoms with E-state index < -0.39 is 23.4 Å². The Morgan fingerprint density at radius 3 is 2.71 bits per heavy atom. The van der Waals surface area contributed by atoms with Crippen molar-refractivity contribution in [2.45, 2.75) is 6.92 Å². The lowest BCUT2D eigenvalue weighted by molar-refractivity contribution is -0.384. The van der Waals surface area contributed by atoms with E-state index in [4.69, 9.17) is 27.9 Å². The molecule has 0 aliphatic heterocycles. The minimum absolute atomic E-state index is 0.0766. The third-order valence-electron chi connectivity index (χ3n) is 3.61. The summed E-state index contributed by atoms with van der Waals surface area (Å²) in [5.74, 6) is -1.23. The van der Waals surface area contributed by atoms with E-state index in [1.165, 1.54) is 24.3 Å². The summed E-state index contributed by atoms with van der Waals surface area (Å²) in [6.45, 7) is 1.10.